The van der Waals surface area contributed by atoms with Crippen LogP contribution in [-0.2, 0) is 4.74 Å². The molecule has 1 saturated carbocycles. The maximum atomic E-state index is 10.8. The summed E-state index contributed by atoms with van der Waals surface area (Å²) in [4.78, 5) is 12.2. The molecule has 1 amide bonds. The quantitative estimate of drug-likeness (QED) is 0.544. The number of nitrogens with zero attached hydrogens (tertiary/aromatic N) is 1. The standard InChI is InChI=1S/C14H26BrNO3/c1-16(14(17)18)10-12-4-6-13(7-5-12)11-19-9-3-2-8-15/h12-13H,2-11H2,1H3,(H,17,18). The van der Waals surface area contributed by atoms with Crippen LogP contribution in [0.2, 0.25) is 0 Å². The van der Waals surface area contributed by atoms with Crippen LogP contribution in [0.3, 0.4) is 0 Å². The Kier molecular flexibility index (Phi) is 8.46. The van der Waals surface area contributed by atoms with Crippen molar-refractivity contribution in [1.82, 2.24) is 4.90 Å². The number of alkyl halides is 1. The average molecular weight is 336 g/mol. The third-order valence-electron chi connectivity index (χ3n) is 3.85. The number of amides is 1. The topological polar surface area (TPSA) is 49.8 Å². The fourth-order valence-corrected chi connectivity index (χ4v) is 2.99. The highest BCUT2D eigenvalue weighted by molar-refractivity contribution is 9.09. The van der Waals surface area contributed by atoms with Gasteiger partial charge in [-0.05, 0) is 50.4 Å². The van der Waals surface area contributed by atoms with Crippen LogP contribution in [0.4, 0.5) is 4.79 Å². The van der Waals surface area contributed by atoms with Gasteiger partial charge >= 0.3 is 6.09 Å². The Labute approximate surface area is 124 Å². The first-order valence-corrected chi connectivity index (χ1v) is 8.33. The van der Waals surface area contributed by atoms with Crippen LogP contribution in [0.15, 0.2) is 0 Å². The lowest BCUT2D eigenvalue weighted by Crippen LogP contribution is -2.32. The molecule has 0 spiro atoms. The molecule has 0 aromatic carbocycles. The van der Waals surface area contributed by atoms with Gasteiger partial charge in [0.15, 0.2) is 0 Å². The Balaban J connectivity index is 2.07. The van der Waals surface area contributed by atoms with Gasteiger partial charge in [-0.3, -0.25) is 0 Å². The summed E-state index contributed by atoms with van der Waals surface area (Å²) in [5.74, 6) is 1.21. The highest BCUT2D eigenvalue weighted by Crippen LogP contribution is 2.29. The van der Waals surface area contributed by atoms with Crippen molar-refractivity contribution in [2.75, 3.05) is 32.1 Å². The average Bonchev–Trinajstić information content (AvgIpc) is 2.40. The maximum absolute atomic E-state index is 10.8. The summed E-state index contributed by atoms with van der Waals surface area (Å²) in [5.41, 5.74) is 0. The van der Waals surface area contributed by atoms with Gasteiger partial charge in [-0.15, -0.1) is 0 Å². The molecule has 0 bridgehead atoms. The molecule has 0 aromatic rings. The van der Waals surface area contributed by atoms with Crippen molar-refractivity contribution in [1.29, 1.82) is 0 Å². The highest BCUT2D eigenvalue weighted by Gasteiger charge is 2.23. The first-order chi connectivity index (χ1) is 9.13. The number of carboxylic acid groups (broad SMARTS) is 1. The molecule has 0 heterocycles. The number of hydrogen-bond donors (Lipinski definition) is 1. The third-order valence-corrected chi connectivity index (χ3v) is 4.41. The van der Waals surface area contributed by atoms with Crippen LogP contribution in [0.25, 0.3) is 0 Å². The minimum atomic E-state index is -0.822. The lowest BCUT2D eigenvalue weighted by atomic mass is 9.82. The Morgan fingerprint density at radius 2 is 1.89 bits per heavy atom. The van der Waals surface area contributed by atoms with Crippen LogP contribution in [-0.4, -0.2) is 48.2 Å². The lowest BCUT2D eigenvalue weighted by molar-refractivity contribution is 0.0720. The number of rotatable bonds is 8. The van der Waals surface area contributed by atoms with Gasteiger partial charge in [-0.1, -0.05) is 15.9 Å². The van der Waals surface area contributed by atoms with Gasteiger partial charge in [-0.25, -0.2) is 4.79 Å². The van der Waals surface area contributed by atoms with Gasteiger partial charge in [0.1, 0.15) is 0 Å². The molecule has 0 atom stereocenters. The van der Waals surface area contributed by atoms with Gasteiger partial charge in [0.05, 0.1) is 0 Å². The van der Waals surface area contributed by atoms with Crippen LogP contribution >= 0.6 is 15.9 Å². The van der Waals surface area contributed by atoms with E-state index in [-0.39, 0.29) is 0 Å². The molecule has 0 saturated heterocycles. The summed E-state index contributed by atoms with van der Waals surface area (Å²) in [6, 6.07) is 0. The molecule has 0 aliphatic heterocycles. The van der Waals surface area contributed by atoms with E-state index in [4.69, 9.17) is 9.84 Å². The van der Waals surface area contributed by atoms with E-state index in [2.05, 4.69) is 15.9 Å². The predicted molar refractivity (Wildman–Crippen MR) is 79.9 cm³/mol. The summed E-state index contributed by atoms with van der Waals surface area (Å²) < 4.78 is 5.70. The summed E-state index contributed by atoms with van der Waals surface area (Å²) in [6.07, 6.45) is 6.10. The van der Waals surface area contributed by atoms with Crippen molar-refractivity contribution in [2.24, 2.45) is 11.8 Å². The molecule has 19 heavy (non-hydrogen) atoms. The Hall–Kier alpha value is -0.290. The van der Waals surface area contributed by atoms with E-state index in [1.165, 1.54) is 24.2 Å². The second-order valence-electron chi connectivity index (χ2n) is 5.52. The number of hydrogen-bond acceptors (Lipinski definition) is 2. The van der Waals surface area contributed by atoms with Crippen molar-refractivity contribution in [3.05, 3.63) is 0 Å². The molecule has 0 radical (unpaired) electrons. The number of carbonyl (C=O) groups is 1. The molecule has 112 valence electrons. The molecule has 1 fully saturated rings. The fourth-order valence-electron chi connectivity index (χ4n) is 2.59. The molecular formula is C14H26BrNO3. The Bertz CT molecular complexity index is 255. The van der Waals surface area contributed by atoms with Gasteiger partial charge in [-0.2, -0.15) is 0 Å². The molecule has 4 nitrogen and oxygen atoms in total. The third kappa shape index (κ3) is 7.16. The van der Waals surface area contributed by atoms with Crippen molar-refractivity contribution in [3.8, 4) is 0 Å². The summed E-state index contributed by atoms with van der Waals surface area (Å²) in [7, 11) is 1.65. The molecule has 5 heteroatoms. The zero-order valence-electron chi connectivity index (χ0n) is 11.8. The van der Waals surface area contributed by atoms with Gasteiger partial charge in [0.2, 0.25) is 0 Å². The van der Waals surface area contributed by atoms with Crippen molar-refractivity contribution in [3.63, 3.8) is 0 Å². The second-order valence-corrected chi connectivity index (χ2v) is 6.31. The van der Waals surface area contributed by atoms with E-state index in [0.717, 1.165) is 37.8 Å². The first kappa shape index (κ1) is 16.8. The van der Waals surface area contributed by atoms with Gasteiger partial charge < -0.3 is 14.7 Å². The van der Waals surface area contributed by atoms with Crippen molar-refractivity contribution < 1.29 is 14.6 Å². The zero-order valence-corrected chi connectivity index (χ0v) is 13.4. The molecule has 1 rings (SSSR count). The minimum Gasteiger partial charge on any atom is -0.465 e. The van der Waals surface area contributed by atoms with E-state index in [9.17, 15) is 4.79 Å². The molecule has 1 aliphatic carbocycles. The second kappa shape index (κ2) is 9.59. The zero-order chi connectivity index (χ0) is 14.1. The van der Waals surface area contributed by atoms with Crippen LogP contribution in [0.5, 0.6) is 0 Å². The molecule has 1 aliphatic rings. The van der Waals surface area contributed by atoms with Crippen LogP contribution < -0.4 is 0 Å². The van der Waals surface area contributed by atoms with E-state index in [0.29, 0.717) is 18.4 Å². The Morgan fingerprint density at radius 3 is 2.47 bits per heavy atom. The van der Waals surface area contributed by atoms with Crippen molar-refractivity contribution >= 4 is 22.0 Å². The lowest BCUT2D eigenvalue weighted by Gasteiger charge is -2.30. The van der Waals surface area contributed by atoms with Crippen molar-refractivity contribution in [2.45, 2.75) is 38.5 Å². The summed E-state index contributed by atoms with van der Waals surface area (Å²) in [6.45, 7) is 2.42. The fraction of sp³-hybridized carbons (Fsp3) is 0.929. The normalized spacial score (nSPS) is 23.3. The monoisotopic (exact) mass is 335 g/mol. The molecule has 0 aromatic heterocycles. The maximum Gasteiger partial charge on any atom is 0.407 e. The van der Waals surface area contributed by atoms with Crippen LogP contribution in [0, 0.1) is 11.8 Å². The number of halogens is 1. The smallest absolute Gasteiger partial charge is 0.407 e. The summed E-state index contributed by atoms with van der Waals surface area (Å²) >= 11 is 3.41. The van der Waals surface area contributed by atoms with Crippen LogP contribution in [0.1, 0.15) is 38.5 Å². The largest absolute Gasteiger partial charge is 0.465 e. The van der Waals surface area contributed by atoms with E-state index < -0.39 is 6.09 Å². The molecule has 1 N–H and O–H groups in total. The van der Waals surface area contributed by atoms with E-state index in [1.807, 2.05) is 0 Å². The molecular weight excluding hydrogens is 310 g/mol. The molecule has 0 unspecified atom stereocenters. The minimum absolute atomic E-state index is 0.533. The SMILES string of the molecule is CN(CC1CCC(COCCCCBr)CC1)C(=O)O. The Morgan fingerprint density at radius 1 is 1.26 bits per heavy atom. The van der Waals surface area contributed by atoms with E-state index >= 15 is 0 Å². The van der Waals surface area contributed by atoms with E-state index in [1.54, 1.807) is 7.05 Å². The number of unbranched alkanes of at least 4 members (excludes halogenated alkanes) is 1. The van der Waals surface area contributed by atoms with Gasteiger partial charge in [0, 0.05) is 32.1 Å². The number of ether oxygens (including phenoxy) is 1. The first-order valence-electron chi connectivity index (χ1n) is 7.21. The highest BCUT2D eigenvalue weighted by atomic mass is 79.9. The summed E-state index contributed by atoms with van der Waals surface area (Å²) in [5, 5.41) is 9.91. The predicted octanol–water partition coefficient (Wildman–Crippen LogP) is 3.59. The van der Waals surface area contributed by atoms with Gasteiger partial charge in [0.25, 0.3) is 0 Å².